The molecule has 0 spiro atoms. The Bertz CT molecular complexity index is 1200. The molecule has 2 amide bonds. The fourth-order valence-corrected chi connectivity index (χ4v) is 3.80. The van der Waals surface area contributed by atoms with E-state index in [1.807, 2.05) is 53.4 Å². The summed E-state index contributed by atoms with van der Waals surface area (Å²) in [6.07, 6.45) is 3.44. The van der Waals surface area contributed by atoms with Gasteiger partial charge in [-0.3, -0.25) is 19.7 Å². The van der Waals surface area contributed by atoms with E-state index in [9.17, 15) is 19.7 Å². The highest BCUT2D eigenvalue weighted by atomic mass is 16.6. The smallest absolute Gasteiger partial charge is 0.282 e. The van der Waals surface area contributed by atoms with Crippen molar-refractivity contribution in [1.82, 2.24) is 4.90 Å². The van der Waals surface area contributed by atoms with Gasteiger partial charge in [-0.25, -0.2) is 0 Å². The summed E-state index contributed by atoms with van der Waals surface area (Å²) in [5.41, 5.74) is 2.30. The normalized spacial score (nSPS) is 13.6. The highest BCUT2D eigenvalue weighted by Gasteiger charge is 2.21. The maximum absolute atomic E-state index is 12.5. The quantitative estimate of drug-likeness (QED) is 0.341. The second kappa shape index (κ2) is 10.4. The van der Waals surface area contributed by atoms with Gasteiger partial charge in [-0.2, -0.15) is 0 Å². The molecule has 0 aromatic heterocycles. The maximum atomic E-state index is 12.5. The van der Waals surface area contributed by atoms with Gasteiger partial charge in [-0.1, -0.05) is 42.5 Å². The molecular formula is C26H24N4O4. The van der Waals surface area contributed by atoms with Crippen molar-refractivity contribution >= 4 is 35.0 Å². The van der Waals surface area contributed by atoms with E-state index in [4.69, 9.17) is 0 Å². The van der Waals surface area contributed by atoms with Crippen LogP contribution in [-0.2, 0) is 4.79 Å². The van der Waals surface area contributed by atoms with E-state index in [2.05, 4.69) is 10.2 Å². The van der Waals surface area contributed by atoms with Crippen LogP contribution in [0, 0.1) is 10.1 Å². The summed E-state index contributed by atoms with van der Waals surface area (Å²) < 4.78 is 0. The van der Waals surface area contributed by atoms with Gasteiger partial charge in [-0.15, -0.1) is 0 Å². The number of nitrogens with zero attached hydrogens (tertiary/aromatic N) is 3. The number of anilines is 2. The van der Waals surface area contributed by atoms with Crippen molar-refractivity contribution in [3.63, 3.8) is 0 Å². The largest absolute Gasteiger partial charge is 0.368 e. The molecule has 34 heavy (non-hydrogen) atoms. The molecule has 3 aromatic carbocycles. The molecule has 4 rings (SSSR count). The zero-order valence-corrected chi connectivity index (χ0v) is 18.5. The molecule has 1 aliphatic heterocycles. The number of rotatable bonds is 6. The van der Waals surface area contributed by atoms with Gasteiger partial charge in [0.25, 0.3) is 11.6 Å². The number of hydrogen-bond donors (Lipinski definition) is 1. The number of piperazine rings is 1. The molecule has 8 heteroatoms. The van der Waals surface area contributed by atoms with Crippen LogP contribution in [0.15, 0.2) is 84.9 Å². The highest BCUT2D eigenvalue weighted by Crippen LogP contribution is 2.22. The maximum Gasteiger partial charge on any atom is 0.282 e. The minimum Gasteiger partial charge on any atom is -0.368 e. The Hall–Kier alpha value is -4.46. The number of hydrogen-bond acceptors (Lipinski definition) is 5. The Balaban J connectivity index is 1.32. The van der Waals surface area contributed by atoms with Crippen LogP contribution >= 0.6 is 0 Å². The van der Waals surface area contributed by atoms with Crippen LogP contribution in [0.4, 0.5) is 17.1 Å². The zero-order chi connectivity index (χ0) is 23.9. The van der Waals surface area contributed by atoms with E-state index in [0.717, 1.165) is 11.3 Å². The summed E-state index contributed by atoms with van der Waals surface area (Å²) in [6.45, 7) is 2.64. The highest BCUT2D eigenvalue weighted by molar-refractivity contribution is 6.07. The lowest BCUT2D eigenvalue weighted by molar-refractivity contribution is -0.385. The molecule has 0 atom stereocenters. The Labute approximate surface area is 197 Å². The second-order valence-electron chi connectivity index (χ2n) is 7.83. The van der Waals surface area contributed by atoms with Crippen molar-refractivity contribution in [2.45, 2.75) is 0 Å². The van der Waals surface area contributed by atoms with Gasteiger partial charge >= 0.3 is 0 Å². The summed E-state index contributed by atoms with van der Waals surface area (Å²) in [6, 6.07) is 22.9. The number of carbonyl (C=O) groups excluding carboxylic acids is 2. The summed E-state index contributed by atoms with van der Waals surface area (Å²) in [4.78, 5) is 39.6. The molecule has 8 nitrogen and oxygen atoms in total. The van der Waals surface area contributed by atoms with Gasteiger partial charge in [0, 0.05) is 49.7 Å². The number of carbonyl (C=O) groups is 2. The third-order valence-corrected chi connectivity index (χ3v) is 5.64. The second-order valence-corrected chi connectivity index (χ2v) is 7.83. The van der Waals surface area contributed by atoms with Crippen molar-refractivity contribution in [3.8, 4) is 0 Å². The van der Waals surface area contributed by atoms with E-state index in [1.165, 1.54) is 18.2 Å². The van der Waals surface area contributed by atoms with Crippen LogP contribution in [-0.4, -0.2) is 47.8 Å². The molecule has 1 N–H and O–H groups in total. The van der Waals surface area contributed by atoms with Gasteiger partial charge in [0.1, 0.15) is 5.56 Å². The number of benzene rings is 3. The molecule has 0 radical (unpaired) electrons. The first-order chi connectivity index (χ1) is 16.5. The first-order valence-electron chi connectivity index (χ1n) is 10.9. The van der Waals surface area contributed by atoms with Gasteiger partial charge in [-0.05, 0) is 42.0 Å². The Morgan fingerprint density at radius 2 is 1.50 bits per heavy atom. The molecule has 1 aliphatic rings. The van der Waals surface area contributed by atoms with Crippen LogP contribution in [0.1, 0.15) is 15.9 Å². The fraction of sp³-hybridized carbons (Fsp3) is 0.154. The molecule has 1 saturated heterocycles. The molecule has 1 heterocycles. The SMILES string of the molecule is O=C(Nc1ccc(N2CCN(C(=O)C=Cc3ccccc3)CC2)cc1)c1ccccc1[N+](=O)[O-]. The predicted molar refractivity (Wildman–Crippen MR) is 132 cm³/mol. The number of nitro benzene ring substituents is 1. The summed E-state index contributed by atoms with van der Waals surface area (Å²) in [7, 11) is 0. The van der Waals surface area contributed by atoms with Crippen molar-refractivity contribution < 1.29 is 14.5 Å². The molecule has 0 bridgehead atoms. The van der Waals surface area contributed by atoms with Crippen LogP contribution in [0.5, 0.6) is 0 Å². The van der Waals surface area contributed by atoms with Gasteiger partial charge in [0.15, 0.2) is 0 Å². The average Bonchev–Trinajstić information content (AvgIpc) is 2.88. The number of nitrogens with one attached hydrogen (secondary N) is 1. The average molecular weight is 457 g/mol. The lowest BCUT2D eigenvalue weighted by Gasteiger charge is -2.35. The molecule has 172 valence electrons. The van der Waals surface area contributed by atoms with Crippen LogP contribution < -0.4 is 10.2 Å². The monoisotopic (exact) mass is 456 g/mol. The van der Waals surface area contributed by atoms with Gasteiger partial charge in [0.2, 0.25) is 5.91 Å². The van der Waals surface area contributed by atoms with E-state index in [1.54, 1.807) is 24.3 Å². The third kappa shape index (κ3) is 5.47. The van der Waals surface area contributed by atoms with Crippen molar-refractivity contribution in [2.24, 2.45) is 0 Å². The van der Waals surface area contributed by atoms with Crippen molar-refractivity contribution in [2.75, 3.05) is 36.4 Å². The standard InChI is InChI=1S/C26H24N4O4/c31-25(15-10-20-6-2-1-3-7-20)29-18-16-28(17-19-29)22-13-11-21(12-14-22)27-26(32)23-8-4-5-9-24(23)30(33)34/h1-15H,16-19H2,(H,27,32). The van der Waals surface area contributed by atoms with E-state index in [-0.39, 0.29) is 17.2 Å². The zero-order valence-electron chi connectivity index (χ0n) is 18.5. The molecule has 0 aliphatic carbocycles. The Kier molecular flexibility index (Phi) is 6.98. The van der Waals surface area contributed by atoms with E-state index in [0.29, 0.717) is 31.9 Å². The Morgan fingerprint density at radius 1 is 0.853 bits per heavy atom. The lowest BCUT2D eigenvalue weighted by atomic mass is 10.1. The fourth-order valence-electron chi connectivity index (χ4n) is 3.80. The van der Waals surface area contributed by atoms with Gasteiger partial charge in [0.05, 0.1) is 4.92 Å². The minimum atomic E-state index is -0.570. The molecule has 1 fully saturated rings. The van der Waals surface area contributed by atoms with Gasteiger partial charge < -0.3 is 15.1 Å². The van der Waals surface area contributed by atoms with Crippen molar-refractivity contribution in [1.29, 1.82) is 0 Å². The Morgan fingerprint density at radius 3 is 2.18 bits per heavy atom. The number of nitro groups is 1. The first kappa shape index (κ1) is 22.7. The van der Waals surface area contributed by atoms with Crippen LogP contribution in [0.3, 0.4) is 0 Å². The molecule has 0 saturated carbocycles. The topological polar surface area (TPSA) is 95.8 Å². The molecule has 3 aromatic rings. The van der Waals surface area contributed by atoms with Crippen LogP contribution in [0.2, 0.25) is 0 Å². The van der Waals surface area contributed by atoms with Crippen LogP contribution in [0.25, 0.3) is 6.08 Å². The first-order valence-corrected chi connectivity index (χ1v) is 10.9. The summed E-state index contributed by atoms with van der Waals surface area (Å²) in [5.74, 6) is -0.535. The summed E-state index contributed by atoms with van der Waals surface area (Å²) >= 11 is 0. The summed E-state index contributed by atoms with van der Waals surface area (Å²) in [5, 5.41) is 13.9. The van der Waals surface area contributed by atoms with E-state index < -0.39 is 10.8 Å². The van der Waals surface area contributed by atoms with E-state index >= 15 is 0 Å². The number of amides is 2. The lowest BCUT2D eigenvalue weighted by Crippen LogP contribution is -2.48. The number of para-hydroxylation sites is 1. The van der Waals surface area contributed by atoms with Crippen molar-refractivity contribution in [3.05, 3.63) is 106 Å². The molecule has 0 unspecified atom stereocenters. The predicted octanol–water partition coefficient (Wildman–Crippen LogP) is 4.21. The third-order valence-electron chi connectivity index (χ3n) is 5.64. The molecular weight excluding hydrogens is 432 g/mol. The minimum absolute atomic E-state index is 0.00318.